The molecule has 3 heterocycles. The fourth-order valence-corrected chi connectivity index (χ4v) is 6.96. The van der Waals surface area contributed by atoms with Crippen LogP contribution >= 0.6 is 11.3 Å². The van der Waals surface area contributed by atoms with E-state index in [1.807, 2.05) is 12.1 Å². The molecule has 2 bridgehead atoms. The smallest absolute Gasteiger partial charge is 0.270 e. The molecule has 1 aromatic carbocycles. The van der Waals surface area contributed by atoms with Crippen LogP contribution in [-0.2, 0) is 6.54 Å². The maximum atomic E-state index is 13.8. The van der Waals surface area contributed by atoms with Crippen molar-refractivity contribution < 1.29 is 9.53 Å². The molecule has 158 valence electrons. The van der Waals surface area contributed by atoms with Gasteiger partial charge in [0.15, 0.2) is 0 Å². The molecule has 0 radical (unpaired) electrons. The van der Waals surface area contributed by atoms with Gasteiger partial charge in [-0.15, -0.1) is 11.3 Å². The molecule has 2 aromatic heterocycles. The van der Waals surface area contributed by atoms with Gasteiger partial charge in [-0.2, -0.15) is 0 Å². The average Bonchev–Trinajstić information content (AvgIpc) is 3.34. The van der Waals surface area contributed by atoms with Crippen molar-refractivity contribution in [3.05, 3.63) is 53.0 Å². The van der Waals surface area contributed by atoms with Crippen LogP contribution in [0.3, 0.4) is 0 Å². The Morgan fingerprint density at radius 1 is 1.17 bits per heavy atom. The zero-order chi connectivity index (χ0) is 21.1. The fraction of sp³-hybridized carbons (Fsp3) is 0.480. The van der Waals surface area contributed by atoms with Crippen molar-refractivity contribution in [2.75, 3.05) is 13.7 Å². The van der Waals surface area contributed by atoms with Crippen molar-refractivity contribution in [3.63, 3.8) is 0 Å². The Bertz CT molecular complexity index is 1090. The molecular weight excluding hydrogens is 392 g/mol. The summed E-state index contributed by atoms with van der Waals surface area (Å²) in [5.74, 6) is 1.04. The highest BCUT2D eigenvalue weighted by molar-refractivity contribution is 7.16. The molecule has 0 N–H and O–H groups in total. The highest BCUT2D eigenvalue weighted by Crippen LogP contribution is 2.52. The third-order valence-electron chi connectivity index (χ3n) is 6.90. The summed E-state index contributed by atoms with van der Waals surface area (Å²) >= 11 is 1.71. The number of amides is 1. The Hall–Kier alpha value is -2.27. The molecule has 1 saturated heterocycles. The van der Waals surface area contributed by atoms with Crippen LogP contribution < -0.4 is 4.74 Å². The first-order valence-electron chi connectivity index (χ1n) is 10.8. The Kier molecular flexibility index (Phi) is 4.51. The first kappa shape index (κ1) is 19.7. The average molecular weight is 423 g/mol. The molecule has 2 aliphatic rings. The second kappa shape index (κ2) is 6.88. The highest BCUT2D eigenvalue weighted by Gasteiger charge is 2.51. The van der Waals surface area contributed by atoms with Crippen molar-refractivity contribution >= 4 is 27.5 Å². The number of thiophene rings is 1. The molecule has 2 unspecified atom stereocenters. The predicted octanol–water partition coefficient (Wildman–Crippen LogP) is 5.80. The van der Waals surface area contributed by atoms with E-state index in [-0.39, 0.29) is 11.3 Å². The van der Waals surface area contributed by atoms with E-state index in [0.29, 0.717) is 18.0 Å². The van der Waals surface area contributed by atoms with Gasteiger partial charge in [-0.3, -0.25) is 4.79 Å². The normalized spacial score (nSPS) is 25.1. The second-order valence-electron chi connectivity index (χ2n) is 10.3. The van der Waals surface area contributed by atoms with Crippen LogP contribution in [0.5, 0.6) is 5.75 Å². The van der Waals surface area contributed by atoms with Gasteiger partial charge in [0.2, 0.25) is 0 Å². The van der Waals surface area contributed by atoms with Crippen molar-refractivity contribution in [3.8, 4) is 5.75 Å². The van der Waals surface area contributed by atoms with Crippen molar-refractivity contribution in [1.82, 2.24) is 9.47 Å². The summed E-state index contributed by atoms with van der Waals surface area (Å²) in [5.41, 5.74) is 2.54. The van der Waals surface area contributed by atoms with Gasteiger partial charge in [0.05, 0.1) is 7.11 Å². The minimum absolute atomic E-state index is 0.193. The van der Waals surface area contributed by atoms with Gasteiger partial charge in [0.1, 0.15) is 16.3 Å². The largest absolute Gasteiger partial charge is 0.497 e. The number of benzene rings is 1. The molecule has 30 heavy (non-hydrogen) atoms. The third-order valence-corrected chi connectivity index (χ3v) is 7.85. The molecule has 3 aromatic rings. The lowest BCUT2D eigenvalue weighted by Gasteiger charge is -2.39. The van der Waals surface area contributed by atoms with Crippen LogP contribution in [0.15, 0.2) is 41.8 Å². The van der Waals surface area contributed by atoms with Crippen LogP contribution in [0, 0.1) is 10.8 Å². The zero-order valence-electron chi connectivity index (χ0n) is 18.3. The van der Waals surface area contributed by atoms with Crippen LogP contribution in [0.2, 0.25) is 0 Å². The molecule has 1 aliphatic heterocycles. The lowest BCUT2D eigenvalue weighted by atomic mass is 9.65. The van der Waals surface area contributed by atoms with Gasteiger partial charge >= 0.3 is 0 Å². The van der Waals surface area contributed by atoms with E-state index >= 15 is 0 Å². The lowest BCUT2D eigenvalue weighted by Crippen LogP contribution is -2.38. The minimum Gasteiger partial charge on any atom is -0.497 e. The molecule has 2 atom stereocenters. The number of hydrogen-bond donors (Lipinski definition) is 0. The minimum atomic E-state index is 0.193. The first-order chi connectivity index (χ1) is 14.3. The molecule has 4 nitrogen and oxygen atoms in total. The van der Waals surface area contributed by atoms with E-state index in [2.05, 4.69) is 59.9 Å². The van der Waals surface area contributed by atoms with Crippen LogP contribution in [0.25, 0.3) is 10.2 Å². The maximum Gasteiger partial charge on any atom is 0.270 e. The second-order valence-corrected chi connectivity index (χ2v) is 11.2. The van der Waals surface area contributed by atoms with Gasteiger partial charge in [0, 0.05) is 24.5 Å². The zero-order valence-corrected chi connectivity index (χ0v) is 19.1. The number of hydrogen-bond acceptors (Lipinski definition) is 3. The molecular formula is C25H30N2O2S. The number of fused-ring (bicyclic) bond motifs is 3. The Morgan fingerprint density at radius 2 is 1.93 bits per heavy atom. The Morgan fingerprint density at radius 3 is 2.67 bits per heavy atom. The molecule has 5 heteroatoms. The lowest BCUT2D eigenvalue weighted by molar-refractivity contribution is 0.0698. The van der Waals surface area contributed by atoms with Crippen molar-refractivity contribution in [2.24, 2.45) is 10.8 Å². The van der Waals surface area contributed by atoms with Crippen molar-refractivity contribution in [1.29, 1.82) is 0 Å². The van der Waals surface area contributed by atoms with E-state index in [0.717, 1.165) is 36.2 Å². The number of methoxy groups -OCH3 is 1. The quantitative estimate of drug-likeness (QED) is 0.532. The summed E-state index contributed by atoms with van der Waals surface area (Å²) in [7, 11) is 1.68. The van der Waals surface area contributed by atoms with Crippen molar-refractivity contribution in [2.45, 2.75) is 52.6 Å². The Labute approximate surface area is 182 Å². The number of aromatic nitrogens is 1. The Balaban J connectivity index is 1.49. The number of likely N-dealkylation sites (tertiary alicyclic amines) is 1. The summed E-state index contributed by atoms with van der Waals surface area (Å²) < 4.78 is 7.50. The summed E-state index contributed by atoms with van der Waals surface area (Å²) in [4.78, 5) is 17.2. The SMILES string of the molecule is COc1ccc(Cn2c(C(=O)N3CC4(C)CC3CC(C)(C)C4)cc3ccsc32)cc1. The number of nitrogens with zero attached hydrogens (tertiary/aromatic N) is 2. The van der Waals surface area contributed by atoms with Gasteiger partial charge in [-0.05, 0) is 65.3 Å². The monoisotopic (exact) mass is 422 g/mol. The summed E-state index contributed by atoms with van der Waals surface area (Å²) in [6, 6.07) is 12.7. The molecule has 0 spiro atoms. The third kappa shape index (κ3) is 3.33. The van der Waals surface area contributed by atoms with Gasteiger partial charge < -0.3 is 14.2 Å². The van der Waals surface area contributed by atoms with E-state index in [4.69, 9.17) is 4.74 Å². The fourth-order valence-electron chi connectivity index (χ4n) is 6.07. The van der Waals surface area contributed by atoms with Crippen LogP contribution in [0.4, 0.5) is 0 Å². The predicted molar refractivity (Wildman–Crippen MR) is 122 cm³/mol. The highest BCUT2D eigenvalue weighted by atomic mass is 32.1. The number of carbonyl (C=O) groups is 1. The molecule has 1 saturated carbocycles. The number of rotatable bonds is 4. The summed E-state index contributed by atoms with van der Waals surface area (Å²) in [5, 5.41) is 3.26. The summed E-state index contributed by atoms with van der Waals surface area (Å²) in [6.07, 6.45) is 3.43. The van der Waals surface area contributed by atoms with E-state index in [1.54, 1.807) is 18.4 Å². The molecule has 5 rings (SSSR count). The van der Waals surface area contributed by atoms with E-state index in [9.17, 15) is 4.79 Å². The maximum absolute atomic E-state index is 13.8. The van der Waals surface area contributed by atoms with Gasteiger partial charge in [0.25, 0.3) is 5.91 Å². The molecule has 1 aliphatic carbocycles. The first-order valence-corrected chi connectivity index (χ1v) is 11.7. The standard InChI is InChI=1S/C25H30N2O2S/c1-24(2)12-19-13-25(3,15-24)16-27(19)22(28)21-11-18-9-10-30-23(18)26(21)14-17-5-7-20(29-4)8-6-17/h5-11,19H,12-16H2,1-4H3. The van der Waals surface area contributed by atoms with Crippen LogP contribution in [0.1, 0.15) is 56.1 Å². The van der Waals surface area contributed by atoms with E-state index in [1.165, 1.54) is 16.8 Å². The molecule has 1 amide bonds. The van der Waals surface area contributed by atoms with Gasteiger partial charge in [-0.25, -0.2) is 0 Å². The topological polar surface area (TPSA) is 34.5 Å². The summed E-state index contributed by atoms with van der Waals surface area (Å²) in [6.45, 7) is 8.64. The van der Waals surface area contributed by atoms with E-state index < -0.39 is 0 Å². The number of carbonyl (C=O) groups excluding carboxylic acids is 1. The van der Waals surface area contributed by atoms with Gasteiger partial charge in [-0.1, -0.05) is 32.9 Å². The molecule has 2 fully saturated rings. The number of ether oxygens (including phenoxy) is 1. The van der Waals surface area contributed by atoms with Crippen LogP contribution in [-0.4, -0.2) is 35.1 Å².